The van der Waals surface area contributed by atoms with Crippen molar-refractivity contribution in [2.24, 2.45) is 5.92 Å². The Morgan fingerprint density at radius 1 is 1.28 bits per heavy atom. The molecule has 0 spiro atoms. The molecule has 138 valence electrons. The molecule has 1 saturated heterocycles. The van der Waals surface area contributed by atoms with E-state index in [9.17, 15) is 17.6 Å². The lowest BCUT2D eigenvalue weighted by atomic mass is 9.87. The van der Waals surface area contributed by atoms with Gasteiger partial charge in [-0.15, -0.1) is 0 Å². The number of rotatable bonds is 4. The average Bonchev–Trinajstić information content (AvgIpc) is 3.10. The molecule has 1 aromatic heterocycles. The summed E-state index contributed by atoms with van der Waals surface area (Å²) in [6, 6.07) is 0. The molecule has 0 aromatic carbocycles. The summed E-state index contributed by atoms with van der Waals surface area (Å²) in [6.45, 7) is 7.39. The van der Waals surface area contributed by atoms with Crippen LogP contribution in [0.5, 0.6) is 0 Å². The molecule has 0 radical (unpaired) electrons. The summed E-state index contributed by atoms with van der Waals surface area (Å²) in [7, 11) is -1.34. The molecule has 1 aromatic rings. The lowest BCUT2D eigenvalue weighted by Gasteiger charge is -2.32. The first-order valence-corrected chi connectivity index (χ1v) is 8.26. The quantitative estimate of drug-likeness (QED) is 0.595. The van der Waals surface area contributed by atoms with Crippen LogP contribution in [0, 0.1) is 5.92 Å². The predicted molar refractivity (Wildman–Crippen MR) is 85.1 cm³/mol. The first-order chi connectivity index (χ1) is 11.4. The van der Waals surface area contributed by atoms with E-state index in [-0.39, 0.29) is 5.56 Å². The van der Waals surface area contributed by atoms with Crippen LogP contribution in [0.25, 0.3) is 6.08 Å². The third-order valence-electron chi connectivity index (χ3n) is 4.97. The zero-order valence-electron chi connectivity index (χ0n) is 14.7. The minimum Gasteiger partial charge on any atom is -0.398 e. The maximum Gasteiger partial charge on any atom is 0.525 e. The summed E-state index contributed by atoms with van der Waals surface area (Å²) in [5.74, 6) is 0.353. The van der Waals surface area contributed by atoms with Crippen LogP contribution in [0.15, 0.2) is 11.9 Å². The zero-order valence-corrected chi connectivity index (χ0v) is 14.7. The second kappa shape index (κ2) is 5.84. The fourth-order valence-electron chi connectivity index (χ4n) is 2.59. The molecule has 0 N–H and O–H groups in total. The highest BCUT2D eigenvalue weighted by molar-refractivity contribution is 6.54. The van der Waals surface area contributed by atoms with Crippen molar-refractivity contribution in [3.63, 3.8) is 0 Å². The molecule has 0 bridgehead atoms. The van der Waals surface area contributed by atoms with Crippen LogP contribution in [0.3, 0.4) is 0 Å². The van der Waals surface area contributed by atoms with E-state index in [2.05, 4.69) is 5.10 Å². The average molecular weight is 360 g/mol. The smallest absolute Gasteiger partial charge is 0.398 e. The molecule has 4 nitrogen and oxygen atoms in total. The lowest BCUT2D eigenvalue weighted by molar-refractivity contribution is -0.141. The van der Waals surface area contributed by atoms with Crippen molar-refractivity contribution in [2.75, 3.05) is 0 Å². The van der Waals surface area contributed by atoms with Gasteiger partial charge < -0.3 is 9.31 Å². The van der Waals surface area contributed by atoms with Gasteiger partial charge in [-0.1, -0.05) is 0 Å². The molecule has 2 aliphatic rings. The largest absolute Gasteiger partial charge is 0.525 e. The van der Waals surface area contributed by atoms with Crippen molar-refractivity contribution in [3.8, 4) is 0 Å². The molecule has 25 heavy (non-hydrogen) atoms. The van der Waals surface area contributed by atoms with Gasteiger partial charge in [0.05, 0.1) is 11.2 Å². The Morgan fingerprint density at radius 2 is 1.84 bits per heavy atom. The lowest BCUT2D eigenvalue weighted by Crippen LogP contribution is -2.41. The number of halogens is 4. The van der Waals surface area contributed by atoms with Gasteiger partial charge in [-0.2, -0.15) is 18.3 Å². The van der Waals surface area contributed by atoms with Crippen LogP contribution in [0.1, 0.15) is 51.8 Å². The summed E-state index contributed by atoms with van der Waals surface area (Å²) in [4.78, 5) is 0. The number of alkyl halides is 3. The third-order valence-corrected chi connectivity index (χ3v) is 4.97. The molecule has 3 rings (SSSR count). The number of aromatic nitrogens is 2. The van der Waals surface area contributed by atoms with E-state index in [1.54, 1.807) is 27.7 Å². The van der Waals surface area contributed by atoms with Crippen LogP contribution in [0.4, 0.5) is 17.6 Å². The molecule has 1 aliphatic carbocycles. The Kier molecular flexibility index (Phi) is 4.31. The van der Waals surface area contributed by atoms with Gasteiger partial charge in [-0.05, 0) is 52.5 Å². The molecule has 1 saturated carbocycles. The molecule has 0 atom stereocenters. The fourth-order valence-corrected chi connectivity index (χ4v) is 2.59. The van der Waals surface area contributed by atoms with Crippen molar-refractivity contribution in [1.82, 2.24) is 9.78 Å². The second-order valence-corrected chi connectivity index (χ2v) is 7.71. The van der Waals surface area contributed by atoms with E-state index in [0.29, 0.717) is 12.5 Å². The monoisotopic (exact) mass is 360 g/mol. The Bertz CT molecular complexity index is 677. The number of hydrogen-bond donors (Lipinski definition) is 0. The highest BCUT2D eigenvalue weighted by atomic mass is 19.4. The van der Waals surface area contributed by atoms with E-state index in [4.69, 9.17) is 9.31 Å². The van der Waals surface area contributed by atoms with E-state index in [1.165, 1.54) is 10.9 Å². The Hall–Kier alpha value is -1.35. The highest BCUT2D eigenvalue weighted by Crippen LogP contribution is 2.40. The van der Waals surface area contributed by atoms with Crippen molar-refractivity contribution in [2.45, 2.75) is 64.5 Å². The summed E-state index contributed by atoms with van der Waals surface area (Å²) >= 11 is 0. The normalized spacial score (nSPS) is 23.4. The molecule has 9 heteroatoms. The van der Waals surface area contributed by atoms with Crippen molar-refractivity contribution >= 4 is 13.2 Å². The van der Waals surface area contributed by atoms with Gasteiger partial charge in [-0.3, -0.25) is 4.68 Å². The standard InChI is InChI=1S/C16H21BF4N2O2/c1-14(2)15(3,4)25-17(24-14)12(18)7-11-9-23(8-10-5-6-10)22-13(11)16(19,20)21/h7,9-10H,5-6,8H2,1-4H3. The summed E-state index contributed by atoms with van der Waals surface area (Å²) in [6.07, 6.45) is -0.659. The fraction of sp³-hybridized carbons (Fsp3) is 0.688. The minimum absolute atomic E-state index is 0.319. The summed E-state index contributed by atoms with van der Waals surface area (Å²) < 4.78 is 66.4. The first-order valence-electron chi connectivity index (χ1n) is 8.26. The van der Waals surface area contributed by atoms with Gasteiger partial charge in [0.1, 0.15) is 5.73 Å². The summed E-state index contributed by atoms with van der Waals surface area (Å²) in [5, 5.41) is 3.60. The van der Waals surface area contributed by atoms with Gasteiger partial charge in [-0.25, -0.2) is 4.39 Å². The van der Waals surface area contributed by atoms with E-state index >= 15 is 0 Å². The maximum absolute atomic E-state index is 14.5. The van der Waals surface area contributed by atoms with Crippen molar-refractivity contribution in [1.29, 1.82) is 0 Å². The van der Waals surface area contributed by atoms with Crippen molar-refractivity contribution < 1.29 is 26.9 Å². The Labute approximate surface area is 144 Å². The van der Waals surface area contributed by atoms with Gasteiger partial charge in [0.2, 0.25) is 0 Å². The highest BCUT2D eigenvalue weighted by Gasteiger charge is 2.53. The molecule has 2 fully saturated rings. The number of nitrogens with zero attached hydrogens (tertiary/aromatic N) is 2. The first kappa shape index (κ1) is 18.4. The number of hydrogen-bond acceptors (Lipinski definition) is 3. The van der Waals surface area contributed by atoms with E-state index in [1.807, 2.05) is 0 Å². The molecule has 0 amide bonds. The predicted octanol–water partition coefficient (Wildman–Crippen LogP) is 4.25. The molecular formula is C16H21BF4N2O2. The van der Waals surface area contributed by atoms with E-state index < -0.39 is 35.9 Å². The van der Waals surface area contributed by atoms with Crippen LogP contribution in [-0.2, 0) is 22.0 Å². The second-order valence-electron chi connectivity index (χ2n) is 7.71. The van der Waals surface area contributed by atoms with Gasteiger partial charge in [0.15, 0.2) is 5.69 Å². The molecule has 2 heterocycles. The van der Waals surface area contributed by atoms with Crippen LogP contribution < -0.4 is 0 Å². The van der Waals surface area contributed by atoms with E-state index in [0.717, 1.165) is 18.9 Å². The Balaban J connectivity index is 1.87. The van der Waals surface area contributed by atoms with Crippen LogP contribution >= 0.6 is 0 Å². The van der Waals surface area contributed by atoms with Gasteiger partial charge in [0, 0.05) is 18.3 Å². The summed E-state index contributed by atoms with van der Waals surface area (Å²) in [5.41, 5.74) is -3.87. The maximum atomic E-state index is 14.5. The Morgan fingerprint density at radius 3 is 2.32 bits per heavy atom. The molecule has 1 aliphatic heterocycles. The van der Waals surface area contributed by atoms with Crippen molar-refractivity contribution in [3.05, 3.63) is 23.2 Å². The van der Waals surface area contributed by atoms with Crippen LogP contribution in [0.2, 0.25) is 0 Å². The molecular weight excluding hydrogens is 339 g/mol. The minimum atomic E-state index is -4.66. The topological polar surface area (TPSA) is 36.3 Å². The van der Waals surface area contributed by atoms with Crippen LogP contribution in [-0.4, -0.2) is 28.1 Å². The van der Waals surface area contributed by atoms with Gasteiger partial charge in [0.25, 0.3) is 0 Å². The SMILES string of the molecule is CC1(C)OB(C(F)=Cc2cn(CC3CC3)nc2C(F)(F)F)OC1(C)C. The zero-order chi connectivity index (χ0) is 18.6. The third kappa shape index (κ3) is 3.77. The van der Waals surface area contributed by atoms with Gasteiger partial charge >= 0.3 is 13.3 Å². The molecule has 0 unspecified atom stereocenters.